The number of rotatable bonds is 4. The second-order valence-corrected chi connectivity index (χ2v) is 5.07. The molecular formula is C17H21N3O. The zero-order valence-electron chi connectivity index (χ0n) is 13.0. The van der Waals surface area contributed by atoms with Gasteiger partial charge < -0.3 is 4.57 Å². The predicted molar refractivity (Wildman–Crippen MR) is 86.0 cm³/mol. The van der Waals surface area contributed by atoms with Crippen molar-refractivity contribution >= 4 is 12.1 Å². The van der Waals surface area contributed by atoms with Crippen LogP contribution in [0.4, 0.5) is 0 Å². The molecule has 1 heterocycles. The Kier molecular flexibility index (Phi) is 4.58. The highest BCUT2D eigenvalue weighted by Gasteiger charge is 2.11. The Balaban J connectivity index is 2.44. The van der Waals surface area contributed by atoms with Gasteiger partial charge in [-0.3, -0.25) is 4.79 Å². The van der Waals surface area contributed by atoms with Gasteiger partial charge in [-0.25, -0.2) is 5.43 Å². The maximum Gasteiger partial charge on any atom is 0.236 e. The quantitative estimate of drug-likeness (QED) is 0.680. The molecule has 4 nitrogen and oxygen atoms in total. The summed E-state index contributed by atoms with van der Waals surface area (Å²) in [6.07, 6.45) is 2.68. The highest BCUT2D eigenvalue weighted by atomic mass is 16.2. The van der Waals surface area contributed by atoms with E-state index < -0.39 is 0 Å². The van der Waals surface area contributed by atoms with Crippen molar-refractivity contribution in [1.82, 2.24) is 9.99 Å². The number of hydrazone groups is 1. The average molecular weight is 283 g/mol. The van der Waals surface area contributed by atoms with Gasteiger partial charge in [0.25, 0.3) is 0 Å². The van der Waals surface area contributed by atoms with Gasteiger partial charge in [-0.15, -0.1) is 0 Å². The minimum atomic E-state index is -0.170. The van der Waals surface area contributed by atoms with Crippen molar-refractivity contribution in [2.75, 3.05) is 0 Å². The largest absolute Gasteiger partial charge is 0.318 e. The third-order valence-electron chi connectivity index (χ3n) is 3.51. The molecule has 1 amide bonds. The van der Waals surface area contributed by atoms with Gasteiger partial charge in [-0.1, -0.05) is 25.1 Å². The Labute approximate surface area is 125 Å². The molecule has 2 aromatic rings. The Bertz CT molecular complexity index is 683. The van der Waals surface area contributed by atoms with E-state index >= 15 is 0 Å². The first-order valence-electron chi connectivity index (χ1n) is 7.11. The molecule has 0 fully saturated rings. The van der Waals surface area contributed by atoms with Crippen LogP contribution in [0.5, 0.6) is 0 Å². The summed E-state index contributed by atoms with van der Waals surface area (Å²) in [6.45, 7) is 7.74. The first-order chi connectivity index (χ1) is 10.0. The maximum absolute atomic E-state index is 10.9. The summed E-state index contributed by atoms with van der Waals surface area (Å²) in [7, 11) is 0. The molecule has 1 N–H and O–H groups in total. The standard InChI is InChI=1S/C17H21N3O/c1-5-15-8-6-7-9-17(15)20-12(2)10-16(13(20)3)11-18-19-14(4)21/h6-11H,5H2,1-4H3,(H,19,21)/b18-11+. The molecule has 1 aromatic heterocycles. The maximum atomic E-state index is 10.9. The molecule has 0 unspecified atom stereocenters. The van der Waals surface area contributed by atoms with Crippen LogP contribution in [0.25, 0.3) is 5.69 Å². The van der Waals surface area contributed by atoms with E-state index in [1.807, 2.05) is 0 Å². The van der Waals surface area contributed by atoms with Crippen LogP contribution < -0.4 is 5.43 Å². The lowest BCUT2D eigenvalue weighted by Crippen LogP contribution is -2.12. The molecule has 0 bridgehead atoms. The summed E-state index contributed by atoms with van der Waals surface area (Å²) in [4.78, 5) is 10.9. The number of amides is 1. The number of carbonyl (C=O) groups excluding carboxylic acids is 1. The fourth-order valence-electron chi connectivity index (χ4n) is 2.51. The smallest absolute Gasteiger partial charge is 0.236 e. The average Bonchev–Trinajstić information content (AvgIpc) is 2.73. The molecule has 2 rings (SSSR count). The lowest BCUT2D eigenvalue weighted by atomic mass is 10.1. The molecule has 0 radical (unpaired) electrons. The number of nitrogens with one attached hydrogen (secondary N) is 1. The normalized spacial score (nSPS) is 11.0. The van der Waals surface area contributed by atoms with E-state index in [2.05, 4.69) is 66.2 Å². The summed E-state index contributed by atoms with van der Waals surface area (Å²) in [5.74, 6) is -0.170. The highest BCUT2D eigenvalue weighted by molar-refractivity contribution is 5.83. The molecule has 0 spiro atoms. The Morgan fingerprint density at radius 1 is 1.33 bits per heavy atom. The number of aryl methyl sites for hydroxylation is 2. The molecule has 0 aliphatic heterocycles. The Morgan fingerprint density at radius 2 is 2.05 bits per heavy atom. The fraction of sp³-hybridized carbons (Fsp3) is 0.294. The number of benzene rings is 1. The zero-order chi connectivity index (χ0) is 15.4. The van der Waals surface area contributed by atoms with E-state index in [4.69, 9.17) is 0 Å². The number of aromatic nitrogens is 1. The predicted octanol–water partition coefficient (Wildman–Crippen LogP) is 3.13. The molecule has 0 aliphatic rings. The summed E-state index contributed by atoms with van der Waals surface area (Å²) >= 11 is 0. The van der Waals surface area contributed by atoms with Crippen LogP contribution in [0.1, 0.15) is 36.4 Å². The van der Waals surface area contributed by atoms with Gasteiger partial charge in [0.05, 0.1) is 6.21 Å². The van der Waals surface area contributed by atoms with E-state index in [9.17, 15) is 4.79 Å². The van der Waals surface area contributed by atoms with Crippen molar-refractivity contribution < 1.29 is 4.79 Å². The molecule has 1 aromatic carbocycles. The topological polar surface area (TPSA) is 46.4 Å². The number of hydrogen-bond acceptors (Lipinski definition) is 2. The molecule has 0 aliphatic carbocycles. The molecule has 110 valence electrons. The fourth-order valence-corrected chi connectivity index (χ4v) is 2.51. The van der Waals surface area contributed by atoms with Crippen molar-refractivity contribution in [2.24, 2.45) is 5.10 Å². The van der Waals surface area contributed by atoms with Crippen LogP contribution in [0.15, 0.2) is 35.4 Å². The van der Waals surface area contributed by atoms with Crippen LogP contribution >= 0.6 is 0 Å². The van der Waals surface area contributed by atoms with Gasteiger partial charge in [0.15, 0.2) is 0 Å². The van der Waals surface area contributed by atoms with Gasteiger partial charge in [0.1, 0.15) is 0 Å². The number of nitrogens with zero attached hydrogens (tertiary/aromatic N) is 2. The van der Waals surface area contributed by atoms with E-state index in [0.717, 1.165) is 23.4 Å². The molecular weight excluding hydrogens is 262 g/mol. The first kappa shape index (κ1) is 15.0. The van der Waals surface area contributed by atoms with Crippen LogP contribution in [0.2, 0.25) is 0 Å². The number of hydrogen-bond donors (Lipinski definition) is 1. The van der Waals surface area contributed by atoms with E-state index in [1.165, 1.54) is 18.2 Å². The second-order valence-electron chi connectivity index (χ2n) is 5.07. The van der Waals surface area contributed by atoms with Crippen molar-refractivity contribution in [1.29, 1.82) is 0 Å². The van der Waals surface area contributed by atoms with Crippen LogP contribution in [-0.2, 0) is 11.2 Å². The first-order valence-corrected chi connectivity index (χ1v) is 7.11. The third-order valence-corrected chi connectivity index (χ3v) is 3.51. The minimum Gasteiger partial charge on any atom is -0.318 e. The van der Waals surface area contributed by atoms with Crippen molar-refractivity contribution in [3.63, 3.8) is 0 Å². The second kappa shape index (κ2) is 6.39. The monoisotopic (exact) mass is 283 g/mol. The summed E-state index contributed by atoms with van der Waals surface area (Å²) in [5.41, 5.74) is 8.22. The molecule has 0 saturated carbocycles. The summed E-state index contributed by atoms with van der Waals surface area (Å²) in [6, 6.07) is 10.5. The van der Waals surface area contributed by atoms with Crippen LogP contribution in [-0.4, -0.2) is 16.7 Å². The summed E-state index contributed by atoms with van der Waals surface area (Å²) < 4.78 is 2.23. The van der Waals surface area contributed by atoms with Gasteiger partial charge in [0.2, 0.25) is 5.91 Å². The van der Waals surface area contributed by atoms with Gasteiger partial charge >= 0.3 is 0 Å². The van der Waals surface area contributed by atoms with Gasteiger partial charge in [-0.2, -0.15) is 5.10 Å². The Morgan fingerprint density at radius 3 is 2.71 bits per heavy atom. The lowest BCUT2D eigenvalue weighted by Gasteiger charge is -2.13. The van der Waals surface area contributed by atoms with Crippen LogP contribution in [0.3, 0.4) is 0 Å². The lowest BCUT2D eigenvalue weighted by molar-refractivity contribution is -0.118. The van der Waals surface area contributed by atoms with Gasteiger partial charge in [-0.05, 0) is 38.0 Å². The highest BCUT2D eigenvalue weighted by Crippen LogP contribution is 2.23. The van der Waals surface area contributed by atoms with Crippen molar-refractivity contribution in [2.45, 2.75) is 34.1 Å². The molecule has 4 heteroatoms. The van der Waals surface area contributed by atoms with Crippen molar-refractivity contribution in [3.8, 4) is 5.69 Å². The number of carbonyl (C=O) groups is 1. The Hall–Kier alpha value is -2.36. The van der Waals surface area contributed by atoms with E-state index in [0.29, 0.717) is 0 Å². The minimum absolute atomic E-state index is 0.170. The van der Waals surface area contributed by atoms with E-state index in [1.54, 1.807) is 6.21 Å². The van der Waals surface area contributed by atoms with Crippen LogP contribution in [0, 0.1) is 13.8 Å². The molecule has 0 atom stereocenters. The zero-order valence-corrected chi connectivity index (χ0v) is 13.0. The number of para-hydroxylation sites is 1. The SMILES string of the molecule is CCc1ccccc1-n1c(C)cc(/C=N/NC(C)=O)c1C. The van der Waals surface area contributed by atoms with Crippen molar-refractivity contribution in [3.05, 3.63) is 52.8 Å². The third kappa shape index (κ3) is 3.21. The molecule has 0 saturated heterocycles. The van der Waals surface area contributed by atoms with Gasteiger partial charge in [0, 0.05) is 29.6 Å². The molecule has 21 heavy (non-hydrogen) atoms. The summed E-state index contributed by atoms with van der Waals surface area (Å²) in [5, 5.41) is 3.95. The van der Waals surface area contributed by atoms with E-state index in [-0.39, 0.29) is 5.91 Å².